The second-order valence-electron chi connectivity index (χ2n) is 5.38. The Morgan fingerprint density at radius 2 is 1.87 bits per heavy atom. The summed E-state index contributed by atoms with van der Waals surface area (Å²) in [4.78, 5) is 11.2. The van der Waals surface area contributed by atoms with Gasteiger partial charge in [-0.1, -0.05) is 0 Å². The van der Waals surface area contributed by atoms with Gasteiger partial charge in [0.15, 0.2) is 12.5 Å². The molecule has 0 spiro atoms. The van der Waals surface area contributed by atoms with E-state index in [0.717, 1.165) is 5.39 Å². The monoisotopic (exact) mass is 324 g/mol. The summed E-state index contributed by atoms with van der Waals surface area (Å²) in [5.41, 5.74) is 0.492. The lowest BCUT2D eigenvalue weighted by atomic mass is 9.99. The van der Waals surface area contributed by atoms with E-state index in [1.165, 1.54) is 6.07 Å². The van der Waals surface area contributed by atoms with Crippen molar-refractivity contribution in [2.24, 2.45) is 0 Å². The van der Waals surface area contributed by atoms with E-state index < -0.39 is 36.4 Å². The van der Waals surface area contributed by atoms with E-state index in [1.807, 2.05) is 0 Å². The number of aliphatic hydroxyl groups is 3. The number of hydrogen-bond acceptors (Lipinski definition) is 7. The summed E-state index contributed by atoms with van der Waals surface area (Å²) in [5, 5.41) is 32.3. The van der Waals surface area contributed by atoms with Gasteiger partial charge in [0.2, 0.25) is 0 Å². The first kappa shape index (κ1) is 15.9. The normalized spacial score (nSPS) is 31.2. The molecule has 4 N–H and O–H groups in total. The molecule has 0 saturated carbocycles. The van der Waals surface area contributed by atoms with Gasteiger partial charge < -0.3 is 29.8 Å². The number of benzene rings is 1. The third kappa shape index (κ3) is 3.20. The zero-order valence-corrected chi connectivity index (χ0v) is 11.9. The molecule has 3 unspecified atom stereocenters. The summed E-state index contributed by atoms with van der Waals surface area (Å²) < 4.78 is 23.3. The van der Waals surface area contributed by atoms with Gasteiger partial charge in [-0.05, 0) is 18.2 Å². The van der Waals surface area contributed by atoms with Crippen molar-refractivity contribution in [3.63, 3.8) is 0 Å². The van der Waals surface area contributed by atoms with Gasteiger partial charge in [0.25, 0.3) is 0 Å². The van der Waals surface area contributed by atoms with Gasteiger partial charge in [0.1, 0.15) is 23.9 Å². The average molecular weight is 324 g/mol. The van der Waals surface area contributed by atoms with E-state index in [2.05, 4.69) is 5.32 Å². The fraction of sp³-hybridized carbons (Fsp3) is 0.400. The molecule has 1 aliphatic rings. The van der Waals surface area contributed by atoms with Crippen LogP contribution in [-0.2, 0) is 4.74 Å². The second-order valence-corrected chi connectivity index (χ2v) is 5.38. The van der Waals surface area contributed by atoms with Gasteiger partial charge in [0.05, 0.1) is 0 Å². The molecule has 1 saturated heterocycles. The van der Waals surface area contributed by atoms with Gasteiger partial charge in [-0.25, -0.2) is 9.18 Å². The first-order valence-electron chi connectivity index (χ1n) is 7.07. The highest BCUT2D eigenvalue weighted by Crippen LogP contribution is 2.23. The predicted molar refractivity (Wildman–Crippen MR) is 78.8 cm³/mol. The maximum absolute atomic E-state index is 13.3. The molecule has 0 aliphatic carbocycles. The van der Waals surface area contributed by atoms with Crippen LogP contribution in [-0.4, -0.2) is 52.6 Å². The molecular weight excluding hydrogens is 308 g/mol. The van der Waals surface area contributed by atoms with Gasteiger partial charge in [-0.3, -0.25) is 0 Å². The van der Waals surface area contributed by atoms with Crippen LogP contribution in [0.4, 0.5) is 10.1 Å². The lowest BCUT2D eigenvalue weighted by molar-refractivity contribution is -0.262. The van der Waals surface area contributed by atoms with E-state index in [4.69, 9.17) is 9.15 Å². The van der Waals surface area contributed by atoms with E-state index in [-0.39, 0.29) is 6.54 Å². The van der Waals surface area contributed by atoms with Crippen molar-refractivity contribution < 1.29 is 28.9 Å². The fourth-order valence-electron chi connectivity index (χ4n) is 2.47. The minimum atomic E-state index is -2.06. The highest BCUT2D eigenvalue weighted by molar-refractivity contribution is 5.80. The lowest BCUT2D eigenvalue weighted by Gasteiger charge is -2.37. The standard InChI is InChI=1S/C15H16FNO6/c16-12-14(20)13(19)10(23-15(12)21)6-17-8-3-1-7-2-4-11(18)22-9(7)5-8/h1-5,10,12-15,17,19-21H,6H2/t10?,12-,13+,14?,15?/m0/s1/i16-1. The lowest BCUT2D eigenvalue weighted by Crippen LogP contribution is -2.57. The van der Waals surface area contributed by atoms with Crippen LogP contribution in [0, 0.1) is 0 Å². The molecule has 23 heavy (non-hydrogen) atoms. The molecule has 3 rings (SSSR count). The molecule has 5 atom stereocenters. The topological polar surface area (TPSA) is 112 Å². The molecule has 0 amide bonds. The van der Waals surface area contributed by atoms with Gasteiger partial charge in [-0.2, -0.15) is 0 Å². The summed E-state index contributed by atoms with van der Waals surface area (Å²) in [5.74, 6) is 0. The Labute approximate surface area is 129 Å². The third-order valence-corrected chi connectivity index (χ3v) is 3.77. The van der Waals surface area contributed by atoms with Crippen molar-refractivity contribution in [2.75, 3.05) is 11.9 Å². The minimum absolute atomic E-state index is 0.0184. The largest absolute Gasteiger partial charge is 0.423 e. The van der Waals surface area contributed by atoms with E-state index in [0.29, 0.717) is 11.3 Å². The molecule has 0 bridgehead atoms. The zero-order chi connectivity index (χ0) is 16.6. The van der Waals surface area contributed by atoms with E-state index in [9.17, 15) is 24.5 Å². The molecule has 1 fully saturated rings. The van der Waals surface area contributed by atoms with E-state index in [1.54, 1.807) is 24.3 Å². The molecule has 1 aromatic carbocycles. The van der Waals surface area contributed by atoms with Crippen molar-refractivity contribution in [2.45, 2.75) is 30.8 Å². The Hall–Kier alpha value is -2.00. The number of alkyl halides is 1. The molecule has 1 aliphatic heterocycles. The van der Waals surface area contributed by atoms with Crippen molar-refractivity contribution in [3.05, 3.63) is 40.8 Å². The number of nitrogens with one attached hydrogen (secondary N) is 1. The first-order chi connectivity index (χ1) is 11.0. The van der Waals surface area contributed by atoms with Crippen molar-refractivity contribution in [3.8, 4) is 0 Å². The van der Waals surface area contributed by atoms with Crippen LogP contribution in [0.25, 0.3) is 11.0 Å². The Balaban J connectivity index is 1.71. The van der Waals surface area contributed by atoms with Crippen LogP contribution in [0.2, 0.25) is 0 Å². The Bertz CT molecular complexity index is 750. The number of hydrogen-bond donors (Lipinski definition) is 4. The summed E-state index contributed by atoms with van der Waals surface area (Å²) in [6.45, 7) is 0.0184. The van der Waals surface area contributed by atoms with Gasteiger partial charge in [-0.15, -0.1) is 0 Å². The number of anilines is 1. The quantitative estimate of drug-likeness (QED) is 0.587. The highest BCUT2D eigenvalue weighted by Gasteiger charge is 2.43. The molecule has 0 radical (unpaired) electrons. The summed E-state index contributed by atoms with van der Waals surface area (Å²) in [6.07, 6.45) is -8.05. The minimum Gasteiger partial charge on any atom is -0.423 e. The van der Waals surface area contributed by atoms with Crippen LogP contribution < -0.4 is 10.9 Å². The molecule has 1 aromatic heterocycles. The maximum Gasteiger partial charge on any atom is 0.336 e. The summed E-state index contributed by atoms with van der Waals surface area (Å²) in [7, 11) is 0. The Kier molecular flexibility index (Phi) is 4.31. The van der Waals surface area contributed by atoms with E-state index >= 15 is 0 Å². The molecule has 7 nitrogen and oxygen atoms in total. The van der Waals surface area contributed by atoms with Crippen LogP contribution in [0.1, 0.15) is 0 Å². The number of aliphatic hydroxyl groups excluding tert-OH is 3. The Morgan fingerprint density at radius 3 is 2.65 bits per heavy atom. The number of halogens is 1. The Morgan fingerprint density at radius 1 is 1.13 bits per heavy atom. The SMILES string of the molecule is O=c1ccc2ccc(NCC3OC(O)[C@@H]([18F])C(O)[C@@H]3O)cc2o1. The first-order valence-corrected chi connectivity index (χ1v) is 7.07. The number of ether oxygens (including phenoxy) is 1. The van der Waals surface area contributed by atoms with Crippen molar-refractivity contribution in [1.82, 2.24) is 0 Å². The molecule has 124 valence electrons. The molecule has 2 aromatic rings. The fourth-order valence-corrected chi connectivity index (χ4v) is 2.47. The summed E-state index contributed by atoms with van der Waals surface area (Å²) >= 11 is 0. The molecular formula is C15H16FNO6. The molecule has 8 heteroatoms. The summed E-state index contributed by atoms with van der Waals surface area (Å²) in [6, 6.07) is 8.00. The van der Waals surface area contributed by atoms with Crippen molar-refractivity contribution in [1.29, 1.82) is 0 Å². The van der Waals surface area contributed by atoms with Crippen molar-refractivity contribution >= 4 is 16.7 Å². The highest BCUT2D eigenvalue weighted by atomic mass is 18.2. The maximum atomic E-state index is 13.3. The number of rotatable bonds is 3. The van der Waals surface area contributed by atoms with Gasteiger partial charge in [0, 0.05) is 29.8 Å². The van der Waals surface area contributed by atoms with Crippen LogP contribution in [0.5, 0.6) is 0 Å². The average Bonchev–Trinajstić information content (AvgIpc) is 2.54. The van der Waals surface area contributed by atoms with Crippen LogP contribution >= 0.6 is 0 Å². The smallest absolute Gasteiger partial charge is 0.336 e. The second kappa shape index (κ2) is 6.25. The van der Waals surface area contributed by atoms with Crippen LogP contribution in [0.15, 0.2) is 39.5 Å². The molecule has 2 heterocycles. The number of fused-ring (bicyclic) bond motifs is 1. The predicted octanol–water partition coefficient (Wildman–Crippen LogP) is -0.0180. The zero-order valence-electron chi connectivity index (χ0n) is 11.9. The van der Waals surface area contributed by atoms with Gasteiger partial charge >= 0.3 is 5.63 Å². The van der Waals surface area contributed by atoms with Crippen LogP contribution in [0.3, 0.4) is 0 Å². The third-order valence-electron chi connectivity index (χ3n) is 3.77.